The molecule has 0 bridgehead atoms. The highest BCUT2D eigenvalue weighted by Gasteiger charge is 2.27. The SMILES string of the molecule is CCNC(=O)C(C)N(Cc1ccc(F)cc1)C(=O)COc1ccccc1C(C)(C)C. The van der Waals surface area contributed by atoms with Crippen molar-refractivity contribution in [3.63, 3.8) is 0 Å². The van der Waals surface area contributed by atoms with Crippen LogP contribution in [0.5, 0.6) is 5.75 Å². The molecular formula is C24H31FN2O3. The molecule has 1 unspecified atom stereocenters. The Morgan fingerprint density at radius 3 is 2.33 bits per heavy atom. The zero-order valence-electron chi connectivity index (χ0n) is 18.4. The van der Waals surface area contributed by atoms with Crippen molar-refractivity contribution in [3.05, 3.63) is 65.5 Å². The number of rotatable bonds is 8. The van der Waals surface area contributed by atoms with Crippen molar-refractivity contribution in [1.29, 1.82) is 0 Å². The first-order chi connectivity index (χ1) is 14.1. The predicted octanol–water partition coefficient (Wildman–Crippen LogP) is 4.06. The summed E-state index contributed by atoms with van der Waals surface area (Å²) in [6, 6.07) is 12.8. The van der Waals surface area contributed by atoms with Gasteiger partial charge in [-0.3, -0.25) is 9.59 Å². The Kier molecular flexibility index (Phi) is 7.98. The van der Waals surface area contributed by atoms with Crippen LogP contribution in [0, 0.1) is 5.82 Å². The van der Waals surface area contributed by atoms with E-state index in [4.69, 9.17) is 4.74 Å². The summed E-state index contributed by atoms with van der Waals surface area (Å²) in [6.07, 6.45) is 0. The normalized spacial score (nSPS) is 12.2. The number of amides is 2. The van der Waals surface area contributed by atoms with Crippen LogP contribution in [0.1, 0.15) is 45.7 Å². The highest BCUT2D eigenvalue weighted by molar-refractivity contribution is 5.87. The molecule has 0 heterocycles. The predicted molar refractivity (Wildman–Crippen MR) is 116 cm³/mol. The van der Waals surface area contributed by atoms with E-state index in [0.717, 1.165) is 11.1 Å². The molecule has 0 aliphatic heterocycles. The van der Waals surface area contributed by atoms with E-state index in [1.807, 2.05) is 31.2 Å². The summed E-state index contributed by atoms with van der Waals surface area (Å²) in [4.78, 5) is 26.9. The minimum atomic E-state index is -0.691. The van der Waals surface area contributed by atoms with Gasteiger partial charge in [-0.25, -0.2) is 4.39 Å². The lowest BCUT2D eigenvalue weighted by molar-refractivity contribution is -0.142. The van der Waals surface area contributed by atoms with Crippen LogP contribution in [-0.4, -0.2) is 35.9 Å². The number of ether oxygens (including phenoxy) is 1. The Labute approximate surface area is 178 Å². The number of benzene rings is 2. The molecule has 2 amide bonds. The van der Waals surface area contributed by atoms with Gasteiger partial charge < -0.3 is 15.0 Å². The largest absolute Gasteiger partial charge is 0.483 e. The summed E-state index contributed by atoms with van der Waals surface area (Å²) < 4.78 is 19.1. The minimum absolute atomic E-state index is 0.137. The van der Waals surface area contributed by atoms with E-state index in [1.54, 1.807) is 19.1 Å². The molecular weight excluding hydrogens is 383 g/mol. The standard InChI is InChI=1S/C24H31FN2O3/c1-6-26-23(29)17(2)27(15-18-11-13-19(25)14-12-18)22(28)16-30-21-10-8-7-9-20(21)24(3,4)5/h7-14,17H,6,15-16H2,1-5H3,(H,26,29). The third-order valence-electron chi connectivity index (χ3n) is 4.83. The lowest BCUT2D eigenvalue weighted by Crippen LogP contribution is -2.49. The molecule has 0 saturated carbocycles. The Balaban J connectivity index is 2.20. The van der Waals surface area contributed by atoms with Crippen molar-refractivity contribution in [3.8, 4) is 5.75 Å². The summed E-state index contributed by atoms with van der Waals surface area (Å²) in [7, 11) is 0. The number of carbonyl (C=O) groups is 2. The minimum Gasteiger partial charge on any atom is -0.483 e. The second kappa shape index (κ2) is 10.2. The Morgan fingerprint density at radius 2 is 1.73 bits per heavy atom. The van der Waals surface area contributed by atoms with E-state index < -0.39 is 6.04 Å². The molecule has 2 rings (SSSR count). The maximum Gasteiger partial charge on any atom is 0.261 e. The molecule has 30 heavy (non-hydrogen) atoms. The Bertz CT molecular complexity index is 859. The van der Waals surface area contributed by atoms with Crippen LogP contribution in [0.15, 0.2) is 48.5 Å². The van der Waals surface area contributed by atoms with Gasteiger partial charge in [0.15, 0.2) is 6.61 Å². The number of para-hydroxylation sites is 1. The summed E-state index contributed by atoms with van der Waals surface area (Å²) in [6.45, 7) is 10.2. The Morgan fingerprint density at radius 1 is 1.10 bits per heavy atom. The van der Waals surface area contributed by atoms with Gasteiger partial charge in [0, 0.05) is 13.1 Å². The highest BCUT2D eigenvalue weighted by Crippen LogP contribution is 2.31. The molecule has 2 aromatic rings. The van der Waals surface area contributed by atoms with E-state index in [-0.39, 0.29) is 36.2 Å². The van der Waals surface area contributed by atoms with Crippen LogP contribution in [0.2, 0.25) is 0 Å². The molecule has 2 aromatic carbocycles. The van der Waals surface area contributed by atoms with E-state index in [2.05, 4.69) is 26.1 Å². The van der Waals surface area contributed by atoms with Gasteiger partial charge in [0.2, 0.25) is 5.91 Å². The van der Waals surface area contributed by atoms with Gasteiger partial charge >= 0.3 is 0 Å². The first kappa shape index (κ1) is 23.4. The molecule has 0 aliphatic carbocycles. The average Bonchev–Trinajstić information content (AvgIpc) is 2.70. The second-order valence-electron chi connectivity index (χ2n) is 8.25. The number of likely N-dealkylation sites (N-methyl/N-ethyl adjacent to an activating group) is 1. The van der Waals surface area contributed by atoms with E-state index in [0.29, 0.717) is 12.3 Å². The summed E-state index contributed by atoms with van der Waals surface area (Å²) in [5.74, 6) is -0.272. The second-order valence-corrected chi connectivity index (χ2v) is 8.25. The van der Waals surface area contributed by atoms with Crippen LogP contribution in [-0.2, 0) is 21.5 Å². The fourth-order valence-electron chi connectivity index (χ4n) is 3.13. The van der Waals surface area contributed by atoms with Crippen LogP contribution in [0.3, 0.4) is 0 Å². The monoisotopic (exact) mass is 414 g/mol. The van der Waals surface area contributed by atoms with Crippen molar-refractivity contribution in [1.82, 2.24) is 10.2 Å². The van der Waals surface area contributed by atoms with Crippen molar-refractivity contribution in [2.75, 3.05) is 13.2 Å². The van der Waals surface area contributed by atoms with Crippen molar-refractivity contribution >= 4 is 11.8 Å². The number of carbonyl (C=O) groups excluding carboxylic acids is 2. The third kappa shape index (κ3) is 6.31. The van der Waals surface area contributed by atoms with Crippen LogP contribution in [0.25, 0.3) is 0 Å². The maximum atomic E-state index is 13.2. The van der Waals surface area contributed by atoms with E-state index >= 15 is 0 Å². The molecule has 0 saturated heterocycles. The molecule has 0 radical (unpaired) electrons. The first-order valence-electron chi connectivity index (χ1n) is 10.2. The Hall–Kier alpha value is -2.89. The van der Waals surface area contributed by atoms with Crippen LogP contribution < -0.4 is 10.1 Å². The van der Waals surface area contributed by atoms with Gasteiger partial charge in [0.1, 0.15) is 17.6 Å². The molecule has 0 spiro atoms. The zero-order valence-corrected chi connectivity index (χ0v) is 18.4. The number of hydrogen-bond acceptors (Lipinski definition) is 3. The lowest BCUT2D eigenvalue weighted by atomic mass is 9.86. The fraction of sp³-hybridized carbons (Fsp3) is 0.417. The number of halogens is 1. The number of nitrogens with zero attached hydrogens (tertiary/aromatic N) is 1. The van der Waals surface area contributed by atoms with Gasteiger partial charge in [-0.05, 0) is 48.6 Å². The maximum absolute atomic E-state index is 13.2. The zero-order chi connectivity index (χ0) is 22.3. The van der Waals surface area contributed by atoms with Crippen LogP contribution >= 0.6 is 0 Å². The van der Waals surface area contributed by atoms with Gasteiger partial charge in [-0.1, -0.05) is 51.1 Å². The van der Waals surface area contributed by atoms with E-state index in [1.165, 1.54) is 17.0 Å². The third-order valence-corrected chi connectivity index (χ3v) is 4.83. The quantitative estimate of drug-likeness (QED) is 0.709. The topological polar surface area (TPSA) is 58.6 Å². The summed E-state index contributed by atoms with van der Waals surface area (Å²) in [5.41, 5.74) is 1.59. The average molecular weight is 415 g/mol. The number of nitrogens with one attached hydrogen (secondary N) is 1. The van der Waals surface area contributed by atoms with E-state index in [9.17, 15) is 14.0 Å². The lowest BCUT2D eigenvalue weighted by Gasteiger charge is -2.29. The van der Waals surface area contributed by atoms with Crippen molar-refractivity contribution < 1.29 is 18.7 Å². The molecule has 5 nitrogen and oxygen atoms in total. The highest BCUT2D eigenvalue weighted by atomic mass is 19.1. The number of hydrogen-bond donors (Lipinski definition) is 1. The van der Waals surface area contributed by atoms with Gasteiger partial charge in [-0.2, -0.15) is 0 Å². The summed E-state index contributed by atoms with van der Waals surface area (Å²) >= 11 is 0. The molecule has 1 N–H and O–H groups in total. The first-order valence-corrected chi connectivity index (χ1v) is 10.2. The molecule has 0 fully saturated rings. The van der Waals surface area contributed by atoms with Crippen molar-refractivity contribution in [2.45, 2.75) is 52.6 Å². The van der Waals surface area contributed by atoms with Gasteiger partial charge in [0.25, 0.3) is 5.91 Å². The summed E-state index contributed by atoms with van der Waals surface area (Å²) in [5, 5.41) is 2.74. The van der Waals surface area contributed by atoms with Crippen LogP contribution in [0.4, 0.5) is 4.39 Å². The molecule has 162 valence electrons. The molecule has 6 heteroatoms. The van der Waals surface area contributed by atoms with Gasteiger partial charge in [-0.15, -0.1) is 0 Å². The van der Waals surface area contributed by atoms with Gasteiger partial charge in [0.05, 0.1) is 0 Å². The fourth-order valence-corrected chi connectivity index (χ4v) is 3.13. The molecule has 0 aliphatic rings. The smallest absolute Gasteiger partial charge is 0.261 e. The molecule has 1 atom stereocenters. The van der Waals surface area contributed by atoms with Crippen molar-refractivity contribution in [2.24, 2.45) is 0 Å². The molecule has 0 aromatic heterocycles.